The monoisotopic (exact) mass is 416 g/mol. The number of hydrogen-bond donors (Lipinski definition) is 2. The van der Waals surface area contributed by atoms with E-state index >= 15 is 0 Å². The first kappa shape index (κ1) is 23.6. The van der Waals surface area contributed by atoms with Crippen molar-refractivity contribution in [2.45, 2.75) is 25.8 Å². The molecule has 27 heavy (non-hydrogen) atoms. The summed E-state index contributed by atoms with van der Waals surface area (Å²) in [6, 6.07) is 7.85. The zero-order chi connectivity index (χ0) is 18.8. The van der Waals surface area contributed by atoms with Crippen LogP contribution in [0.3, 0.4) is 0 Å². The Kier molecular flexibility index (Phi) is 11.2. The van der Waals surface area contributed by atoms with E-state index in [0.717, 1.165) is 29.4 Å². The maximum absolute atomic E-state index is 12.2. The van der Waals surface area contributed by atoms with Gasteiger partial charge >= 0.3 is 5.97 Å². The molecule has 2 unspecified atom stereocenters. The number of ether oxygens (including phenoxy) is 2. The largest absolute Gasteiger partial charge is 0.494 e. The zero-order valence-electron chi connectivity index (χ0n) is 15.9. The van der Waals surface area contributed by atoms with Crippen LogP contribution in [0.2, 0.25) is 0 Å². The molecule has 6 nitrogen and oxygen atoms in total. The van der Waals surface area contributed by atoms with Crippen molar-refractivity contribution in [1.29, 1.82) is 0 Å². The van der Waals surface area contributed by atoms with Crippen LogP contribution < -0.4 is 15.4 Å². The Labute approximate surface area is 171 Å². The van der Waals surface area contributed by atoms with Crippen LogP contribution in [0.25, 0.3) is 0 Å². The predicted octanol–water partition coefficient (Wildman–Crippen LogP) is 2.05. The van der Waals surface area contributed by atoms with Gasteiger partial charge in [-0.2, -0.15) is 11.8 Å². The van der Waals surface area contributed by atoms with E-state index in [1.54, 1.807) is 0 Å². The molecule has 0 aliphatic carbocycles. The van der Waals surface area contributed by atoms with Crippen molar-refractivity contribution < 1.29 is 19.1 Å². The minimum Gasteiger partial charge on any atom is -0.494 e. The molecule has 1 aliphatic heterocycles. The van der Waals surface area contributed by atoms with E-state index in [4.69, 9.17) is 9.47 Å². The highest BCUT2D eigenvalue weighted by molar-refractivity contribution is 7.99. The molecule has 1 aliphatic rings. The minimum absolute atomic E-state index is 0. The second-order valence-corrected chi connectivity index (χ2v) is 7.39. The topological polar surface area (TPSA) is 76.7 Å². The highest BCUT2D eigenvalue weighted by atomic mass is 35.5. The number of carbonyl (C=O) groups is 2. The number of halogens is 1. The molecule has 1 heterocycles. The summed E-state index contributed by atoms with van der Waals surface area (Å²) in [5.74, 6) is 2.08. The van der Waals surface area contributed by atoms with Crippen LogP contribution in [0.4, 0.5) is 0 Å². The summed E-state index contributed by atoms with van der Waals surface area (Å²) in [6.07, 6.45) is 0.945. The highest BCUT2D eigenvalue weighted by Crippen LogP contribution is 2.16. The van der Waals surface area contributed by atoms with Crippen LogP contribution in [-0.4, -0.2) is 56.2 Å². The lowest BCUT2D eigenvalue weighted by atomic mass is 9.99. The number of carbonyl (C=O) groups excluding carboxylic acids is 2. The molecule has 1 aromatic rings. The van der Waals surface area contributed by atoms with Crippen molar-refractivity contribution in [3.63, 3.8) is 0 Å². The fourth-order valence-corrected chi connectivity index (χ4v) is 3.81. The Bertz CT molecular complexity index is 580. The van der Waals surface area contributed by atoms with Crippen LogP contribution in [0.1, 0.15) is 18.9 Å². The number of amides is 1. The summed E-state index contributed by atoms with van der Waals surface area (Å²) in [5.41, 5.74) is 1.00. The van der Waals surface area contributed by atoms with E-state index in [0.29, 0.717) is 19.4 Å². The van der Waals surface area contributed by atoms with Crippen LogP contribution in [0.5, 0.6) is 5.75 Å². The summed E-state index contributed by atoms with van der Waals surface area (Å²) in [7, 11) is 1.37. The molecule has 2 N–H and O–H groups in total. The molecule has 152 valence electrons. The summed E-state index contributed by atoms with van der Waals surface area (Å²) in [6.45, 7) is 3.76. The number of thioether (sulfide) groups is 1. The van der Waals surface area contributed by atoms with Gasteiger partial charge in [0.15, 0.2) is 0 Å². The molecular weight excluding hydrogens is 388 g/mol. The molecule has 0 saturated carbocycles. The Hall–Kier alpha value is -1.44. The molecular formula is C19H29ClN2O4S. The number of benzene rings is 1. The molecule has 1 amide bonds. The lowest BCUT2D eigenvalue weighted by Crippen LogP contribution is -2.42. The molecule has 1 fully saturated rings. The minimum atomic E-state index is -0.407. The lowest BCUT2D eigenvalue weighted by molar-refractivity contribution is -0.145. The van der Waals surface area contributed by atoms with Crippen molar-refractivity contribution in [2.24, 2.45) is 5.92 Å². The summed E-state index contributed by atoms with van der Waals surface area (Å²) in [5, 5.41) is 6.23. The first-order chi connectivity index (χ1) is 12.6. The first-order valence-electron chi connectivity index (χ1n) is 8.99. The van der Waals surface area contributed by atoms with Crippen LogP contribution in [0, 0.1) is 5.92 Å². The number of esters is 1. The van der Waals surface area contributed by atoms with Crippen LogP contribution >= 0.6 is 24.2 Å². The predicted molar refractivity (Wildman–Crippen MR) is 111 cm³/mol. The van der Waals surface area contributed by atoms with E-state index in [-0.39, 0.29) is 36.9 Å². The zero-order valence-corrected chi connectivity index (χ0v) is 17.5. The molecule has 2 rings (SSSR count). The van der Waals surface area contributed by atoms with Crippen molar-refractivity contribution in [2.75, 3.05) is 38.3 Å². The van der Waals surface area contributed by atoms with Gasteiger partial charge in [-0.3, -0.25) is 9.59 Å². The summed E-state index contributed by atoms with van der Waals surface area (Å²) in [4.78, 5) is 24.2. The fraction of sp³-hybridized carbons (Fsp3) is 0.579. The summed E-state index contributed by atoms with van der Waals surface area (Å²) >= 11 is 1.86. The van der Waals surface area contributed by atoms with Crippen molar-refractivity contribution in [1.82, 2.24) is 10.6 Å². The van der Waals surface area contributed by atoms with Gasteiger partial charge in [-0.25, -0.2) is 0 Å². The standard InChI is InChI=1S/C19H28N2O4S.ClH/c1-3-25-17-6-4-14(5-7-17)10-15(19(23)24-2)12-21-18(22)11-16-13-26-9-8-20-16;/h4-7,15-16,20H,3,8-13H2,1-2H3,(H,21,22);1H. The molecule has 0 spiro atoms. The molecule has 0 radical (unpaired) electrons. The summed E-state index contributed by atoms with van der Waals surface area (Å²) < 4.78 is 10.3. The Balaban J connectivity index is 0.00000364. The Morgan fingerprint density at radius 2 is 2.07 bits per heavy atom. The number of hydrogen-bond acceptors (Lipinski definition) is 6. The maximum atomic E-state index is 12.2. The first-order valence-corrected chi connectivity index (χ1v) is 10.1. The highest BCUT2D eigenvalue weighted by Gasteiger charge is 2.22. The van der Waals surface area contributed by atoms with Crippen LogP contribution in [0.15, 0.2) is 24.3 Å². The van der Waals surface area contributed by atoms with E-state index in [9.17, 15) is 9.59 Å². The third-order valence-corrected chi connectivity index (χ3v) is 5.36. The fourth-order valence-electron chi connectivity index (χ4n) is 2.86. The van der Waals surface area contributed by atoms with Crippen molar-refractivity contribution in [3.05, 3.63) is 29.8 Å². The average Bonchev–Trinajstić information content (AvgIpc) is 2.67. The SMILES string of the molecule is CCOc1ccc(CC(CNC(=O)CC2CSCCN2)C(=O)OC)cc1.Cl. The quantitative estimate of drug-likeness (QED) is 0.600. The van der Waals surface area contributed by atoms with E-state index in [2.05, 4.69) is 10.6 Å². The number of nitrogens with one attached hydrogen (secondary N) is 2. The van der Waals surface area contributed by atoms with Crippen molar-refractivity contribution in [3.8, 4) is 5.75 Å². The molecule has 0 bridgehead atoms. The number of methoxy groups -OCH3 is 1. The second kappa shape index (κ2) is 12.9. The van der Waals surface area contributed by atoms with Gasteiger partial charge < -0.3 is 20.1 Å². The molecule has 0 aromatic heterocycles. The molecule has 1 saturated heterocycles. The Morgan fingerprint density at radius 3 is 2.67 bits per heavy atom. The number of rotatable bonds is 9. The van der Waals surface area contributed by atoms with Gasteiger partial charge in [0.2, 0.25) is 5.91 Å². The van der Waals surface area contributed by atoms with E-state index in [1.165, 1.54) is 7.11 Å². The van der Waals surface area contributed by atoms with Gasteiger partial charge in [0.05, 0.1) is 19.6 Å². The van der Waals surface area contributed by atoms with Gasteiger partial charge in [-0.1, -0.05) is 12.1 Å². The van der Waals surface area contributed by atoms with Crippen LogP contribution in [-0.2, 0) is 20.7 Å². The second-order valence-electron chi connectivity index (χ2n) is 6.24. The lowest BCUT2D eigenvalue weighted by Gasteiger charge is -2.23. The smallest absolute Gasteiger partial charge is 0.310 e. The third kappa shape index (κ3) is 8.41. The van der Waals surface area contributed by atoms with E-state index < -0.39 is 5.92 Å². The van der Waals surface area contributed by atoms with Gasteiger partial charge in [0, 0.05) is 37.1 Å². The van der Waals surface area contributed by atoms with Crippen molar-refractivity contribution >= 4 is 36.0 Å². The van der Waals surface area contributed by atoms with Gasteiger partial charge in [0.25, 0.3) is 0 Å². The van der Waals surface area contributed by atoms with Gasteiger partial charge in [-0.15, -0.1) is 12.4 Å². The molecule has 8 heteroatoms. The maximum Gasteiger partial charge on any atom is 0.310 e. The molecule has 2 atom stereocenters. The van der Waals surface area contributed by atoms with E-state index in [1.807, 2.05) is 43.0 Å². The van der Waals surface area contributed by atoms with Gasteiger partial charge in [-0.05, 0) is 31.0 Å². The average molecular weight is 417 g/mol. The molecule has 1 aromatic carbocycles. The van der Waals surface area contributed by atoms with Gasteiger partial charge in [0.1, 0.15) is 5.75 Å². The Morgan fingerprint density at radius 1 is 1.33 bits per heavy atom. The normalized spacial score (nSPS) is 17.3. The third-order valence-electron chi connectivity index (χ3n) is 4.23.